The van der Waals surface area contributed by atoms with Crippen molar-refractivity contribution < 1.29 is 22.4 Å². The van der Waals surface area contributed by atoms with E-state index < -0.39 is 34.3 Å². The fourth-order valence-electron chi connectivity index (χ4n) is 5.70. The minimum Gasteiger partial charge on any atom is -0.299 e. The molecule has 3 nitrogen and oxygen atoms in total. The van der Waals surface area contributed by atoms with E-state index in [0.29, 0.717) is 6.07 Å². The predicted octanol–water partition coefficient (Wildman–Crippen LogP) is 5.14. The Morgan fingerprint density at radius 1 is 1.13 bits per heavy atom. The minimum absolute atomic E-state index is 0.193. The van der Waals surface area contributed by atoms with Crippen molar-refractivity contribution in [3.63, 3.8) is 0 Å². The zero-order chi connectivity index (χ0) is 21.9. The molecule has 2 aromatic rings. The Bertz CT molecular complexity index is 1050. The number of hydrogen-bond donors (Lipinski definition) is 0. The zero-order valence-corrected chi connectivity index (χ0v) is 16.9. The molecule has 0 radical (unpaired) electrons. The molecule has 0 amide bonds. The topological polar surface area (TPSA) is 33.2 Å². The second-order valence-electron chi connectivity index (χ2n) is 9.27. The van der Waals surface area contributed by atoms with E-state index in [4.69, 9.17) is 0 Å². The summed E-state index contributed by atoms with van der Waals surface area (Å²) in [6.45, 7) is 2.31. The maximum absolute atomic E-state index is 15.0. The van der Waals surface area contributed by atoms with Crippen molar-refractivity contribution in [2.24, 2.45) is 10.8 Å². The molecule has 0 N–H and O–H groups in total. The highest BCUT2D eigenvalue weighted by Crippen LogP contribution is 2.78. The van der Waals surface area contributed by atoms with Gasteiger partial charge in [0, 0.05) is 37.3 Å². The third kappa shape index (κ3) is 3.21. The van der Waals surface area contributed by atoms with Crippen LogP contribution in [0.1, 0.15) is 41.7 Å². The van der Waals surface area contributed by atoms with Gasteiger partial charge < -0.3 is 0 Å². The number of alkyl halides is 2. The molecule has 4 aliphatic rings. The van der Waals surface area contributed by atoms with Crippen LogP contribution in [0, 0.1) is 22.5 Å². The molecule has 0 spiro atoms. The van der Waals surface area contributed by atoms with Crippen LogP contribution in [0.25, 0.3) is 5.57 Å². The SMILES string of the molecule is O=C(c1ccc(F)cc1F)C(F)(F)C12CC(CN3CC=C(c4ccccn4)CC3)(C1)C2. The molecule has 7 heteroatoms. The quantitative estimate of drug-likeness (QED) is 0.470. The number of halogens is 4. The number of benzene rings is 1. The second kappa shape index (κ2) is 6.99. The van der Waals surface area contributed by atoms with Gasteiger partial charge in [0.2, 0.25) is 5.78 Å². The fourth-order valence-corrected chi connectivity index (χ4v) is 5.70. The van der Waals surface area contributed by atoms with Crippen molar-refractivity contribution in [3.05, 3.63) is 71.6 Å². The molecule has 0 saturated heterocycles. The van der Waals surface area contributed by atoms with E-state index in [2.05, 4.69) is 16.0 Å². The van der Waals surface area contributed by atoms with Gasteiger partial charge in [-0.05, 0) is 60.9 Å². The highest BCUT2D eigenvalue weighted by Gasteiger charge is 2.79. The van der Waals surface area contributed by atoms with Crippen LogP contribution in [0.3, 0.4) is 0 Å². The third-order valence-electron chi connectivity index (χ3n) is 7.11. The second-order valence-corrected chi connectivity index (χ2v) is 9.27. The molecule has 2 heterocycles. The number of pyridine rings is 1. The van der Waals surface area contributed by atoms with Crippen LogP contribution in [0.4, 0.5) is 17.6 Å². The lowest BCUT2D eigenvalue weighted by Crippen LogP contribution is -2.73. The van der Waals surface area contributed by atoms with Crippen molar-refractivity contribution in [3.8, 4) is 0 Å². The Labute approximate surface area is 177 Å². The van der Waals surface area contributed by atoms with Crippen LogP contribution in [0.5, 0.6) is 0 Å². The lowest BCUT2D eigenvalue weighted by Gasteiger charge is -2.73. The summed E-state index contributed by atoms with van der Waals surface area (Å²) in [5.74, 6) is -7.33. The molecule has 162 valence electrons. The van der Waals surface area contributed by atoms with Crippen LogP contribution in [-0.2, 0) is 0 Å². The summed E-state index contributed by atoms with van der Waals surface area (Å²) < 4.78 is 56.9. The van der Waals surface area contributed by atoms with Gasteiger partial charge in [0.1, 0.15) is 11.6 Å². The first-order valence-corrected chi connectivity index (χ1v) is 10.4. The fraction of sp³-hybridized carbons (Fsp3) is 0.417. The van der Waals surface area contributed by atoms with E-state index in [-0.39, 0.29) is 24.7 Å². The third-order valence-corrected chi connectivity index (χ3v) is 7.11. The predicted molar refractivity (Wildman–Crippen MR) is 108 cm³/mol. The first kappa shape index (κ1) is 20.4. The Balaban J connectivity index is 1.21. The average Bonchev–Trinajstić information content (AvgIpc) is 2.70. The molecular formula is C24H22F4N2O. The van der Waals surface area contributed by atoms with E-state index in [1.165, 1.54) is 5.57 Å². The standard InChI is InChI=1S/C24H22F4N2O/c25-17-4-5-18(19(26)11-17)21(31)24(27,28)23-12-22(13-23,14-23)15-30-9-6-16(7-10-30)20-3-1-2-8-29-20/h1-6,8,11H,7,9-10,12-15H2. The minimum atomic E-state index is -3.65. The number of ketones is 1. The molecule has 1 aliphatic heterocycles. The van der Waals surface area contributed by atoms with Crippen LogP contribution in [-0.4, -0.2) is 41.2 Å². The summed E-state index contributed by atoms with van der Waals surface area (Å²) in [7, 11) is 0. The Morgan fingerprint density at radius 3 is 2.52 bits per heavy atom. The van der Waals surface area contributed by atoms with E-state index in [1.54, 1.807) is 6.20 Å². The lowest BCUT2D eigenvalue weighted by atomic mass is 9.33. The van der Waals surface area contributed by atoms with Gasteiger partial charge in [-0.1, -0.05) is 12.1 Å². The van der Waals surface area contributed by atoms with Gasteiger partial charge in [-0.3, -0.25) is 14.7 Å². The number of carbonyl (C=O) groups excluding carboxylic acids is 1. The number of carbonyl (C=O) groups is 1. The van der Waals surface area contributed by atoms with E-state index >= 15 is 0 Å². The largest absolute Gasteiger partial charge is 0.315 e. The van der Waals surface area contributed by atoms with Crippen LogP contribution in [0.2, 0.25) is 0 Å². The molecule has 6 rings (SSSR count). The van der Waals surface area contributed by atoms with Gasteiger partial charge in [-0.15, -0.1) is 0 Å². The lowest BCUT2D eigenvalue weighted by molar-refractivity contribution is -0.298. The van der Waals surface area contributed by atoms with Crippen molar-refractivity contribution in [2.45, 2.75) is 31.6 Å². The van der Waals surface area contributed by atoms with Crippen molar-refractivity contribution in [2.75, 3.05) is 19.6 Å². The number of rotatable bonds is 6. The molecule has 31 heavy (non-hydrogen) atoms. The molecule has 3 aliphatic carbocycles. The molecule has 0 unspecified atom stereocenters. The van der Waals surface area contributed by atoms with Gasteiger partial charge in [-0.25, -0.2) is 8.78 Å². The molecule has 1 aromatic carbocycles. The van der Waals surface area contributed by atoms with Gasteiger partial charge in [0.05, 0.1) is 11.3 Å². The Kier molecular flexibility index (Phi) is 4.59. The average molecular weight is 430 g/mol. The van der Waals surface area contributed by atoms with E-state index in [0.717, 1.165) is 43.9 Å². The molecule has 3 saturated carbocycles. The van der Waals surface area contributed by atoms with Crippen molar-refractivity contribution in [1.29, 1.82) is 0 Å². The smallest absolute Gasteiger partial charge is 0.299 e. The summed E-state index contributed by atoms with van der Waals surface area (Å²) in [5, 5.41) is 0. The highest BCUT2D eigenvalue weighted by atomic mass is 19.3. The highest BCUT2D eigenvalue weighted by molar-refractivity contribution is 6.02. The maximum atomic E-state index is 15.0. The van der Waals surface area contributed by atoms with Gasteiger partial charge in [0.25, 0.3) is 0 Å². The summed E-state index contributed by atoms with van der Waals surface area (Å²) in [6.07, 6.45) is 5.54. The summed E-state index contributed by atoms with van der Waals surface area (Å²) >= 11 is 0. The first-order chi connectivity index (χ1) is 14.7. The van der Waals surface area contributed by atoms with Gasteiger partial charge >= 0.3 is 5.92 Å². The van der Waals surface area contributed by atoms with Crippen LogP contribution >= 0.6 is 0 Å². The normalized spacial score (nSPS) is 27.8. The summed E-state index contributed by atoms with van der Waals surface area (Å²) in [6, 6.07) is 7.92. The molecule has 1 aromatic heterocycles. The number of nitrogens with zero attached hydrogens (tertiary/aromatic N) is 2. The van der Waals surface area contributed by atoms with Crippen LogP contribution in [0.15, 0.2) is 48.7 Å². The molecule has 0 atom stereocenters. The van der Waals surface area contributed by atoms with Gasteiger partial charge in [-0.2, -0.15) is 8.78 Å². The number of Topliss-reactive ketones (excluding diaryl/α,β-unsaturated/α-hetero) is 1. The van der Waals surface area contributed by atoms with Crippen molar-refractivity contribution >= 4 is 11.4 Å². The Hall–Kier alpha value is -2.54. The summed E-state index contributed by atoms with van der Waals surface area (Å²) in [5.41, 5.74) is -0.160. The van der Waals surface area contributed by atoms with E-state index in [1.807, 2.05) is 18.2 Å². The van der Waals surface area contributed by atoms with E-state index in [9.17, 15) is 22.4 Å². The Morgan fingerprint density at radius 2 is 1.90 bits per heavy atom. The molecule has 3 fully saturated rings. The first-order valence-electron chi connectivity index (χ1n) is 10.4. The molecular weight excluding hydrogens is 408 g/mol. The number of hydrogen-bond acceptors (Lipinski definition) is 3. The monoisotopic (exact) mass is 430 g/mol. The summed E-state index contributed by atoms with van der Waals surface area (Å²) in [4.78, 5) is 19.0. The van der Waals surface area contributed by atoms with Crippen molar-refractivity contribution in [1.82, 2.24) is 9.88 Å². The maximum Gasteiger partial charge on any atom is 0.315 e. The van der Waals surface area contributed by atoms with Gasteiger partial charge in [0.15, 0.2) is 0 Å². The number of aromatic nitrogens is 1. The zero-order valence-electron chi connectivity index (χ0n) is 16.9. The molecule has 2 bridgehead atoms. The van der Waals surface area contributed by atoms with Crippen LogP contribution < -0.4 is 0 Å².